The first-order valence-electron chi connectivity index (χ1n) is 8.85. The van der Waals surface area contributed by atoms with E-state index in [1.54, 1.807) is 30.9 Å². The number of pyridine rings is 1. The Kier molecular flexibility index (Phi) is 6.92. The minimum absolute atomic E-state index is 0.0848. The van der Waals surface area contributed by atoms with Gasteiger partial charge in [0.1, 0.15) is 11.5 Å². The second kappa shape index (κ2) is 9.16. The van der Waals surface area contributed by atoms with Crippen LogP contribution in [0.2, 0.25) is 0 Å². The molecule has 0 spiro atoms. The van der Waals surface area contributed by atoms with Crippen molar-refractivity contribution in [2.75, 3.05) is 11.9 Å². The molecule has 28 heavy (non-hydrogen) atoms. The standard InChI is InChI=1S/C20H25FN6O/c1-13(10-24-15(3)28)9-23-14(2)16-11-25-19(26-12-16)27-20(4,5)18-17(21)7-6-8-22-18/h6-9,11-12H,10H2,1-5H3,(H,24,28)(H,25,26,27)/b13-9+,23-14+. The highest BCUT2D eigenvalue weighted by molar-refractivity contribution is 5.98. The third-order valence-electron chi connectivity index (χ3n) is 3.94. The van der Waals surface area contributed by atoms with Crippen LogP contribution in [0.1, 0.15) is 45.9 Å². The maximum Gasteiger partial charge on any atom is 0.223 e. The Hall–Kier alpha value is -3.16. The number of nitrogens with zero attached hydrogens (tertiary/aromatic N) is 4. The van der Waals surface area contributed by atoms with Crippen molar-refractivity contribution in [1.29, 1.82) is 0 Å². The van der Waals surface area contributed by atoms with Gasteiger partial charge in [0.05, 0.1) is 5.54 Å². The third-order valence-corrected chi connectivity index (χ3v) is 3.94. The van der Waals surface area contributed by atoms with Crippen molar-refractivity contribution in [1.82, 2.24) is 20.3 Å². The lowest BCUT2D eigenvalue weighted by molar-refractivity contribution is -0.118. The van der Waals surface area contributed by atoms with Crippen molar-refractivity contribution in [3.8, 4) is 0 Å². The van der Waals surface area contributed by atoms with Crippen LogP contribution < -0.4 is 10.6 Å². The molecule has 2 rings (SSSR count). The zero-order valence-corrected chi connectivity index (χ0v) is 16.7. The number of halogens is 1. The second-order valence-electron chi connectivity index (χ2n) is 6.98. The van der Waals surface area contributed by atoms with Crippen molar-refractivity contribution < 1.29 is 9.18 Å². The molecule has 0 atom stereocenters. The summed E-state index contributed by atoms with van der Waals surface area (Å²) in [6, 6.07) is 2.92. The van der Waals surface area contributed by atoms with Gasteiger partial charge in [-0.25, -0.2) is 14.4 Å². The molecule has 2 aromatic heterocycles. The Morgan fingerprint density at radius 1 is 1.21 bits per heavy atom. The number of carbonyl (C=O) groups is 1. The summed E-state index contributed by atoms with van der Waals surface area (Å²) in [5, 5.41) is 5.82. The van der Waals surface area contributed by atoms with Gasteiger partial charge in [-0.1, -0.05) is 0 Å². The molecule has 0 aliphatic heterocycles. The number of amides is 1. The van der Waals surface area contributed by atoms with Crippen LogP contribution in [0.15, 0.2) is 47.5 Å². The molecule has 8 heteroatoms. The van der Waals surface area contributed by atoms with E-state index in [2.05, 4.69) is 30.6 Å². The first kappa shape index (κ1) is 21.1. The fourth-order valence-electron chi connectivity index (χ4n) is 2.35. The molecule has 0 radical (unpaired) electrons. The van der Waals surface area contributed by atoms with Crippen molar-refractivity contribution >= 4 is 17.6 Å². The molecule has 0 aliphatic carbocycles. The van der Waals surface area contributed by atoms with Gasteiger partial charge in [-0.15, -0.1) is 0 Å². The average Bonchev–Trinajstić information content (AvgIpc) is 2.65. The van der Waals surface area contributed by atoms with Crippen LogP contribution in [-0.2, 0) is 10.3 Å². The fraction of sp³-hybridized carbons (Fsp3) is 0.350. The summed E-state index contributed by atoms with van der Waals surface area (Å²) in [5.74, 6) is -0.108. The fourth-order valence-corrected chi connectivity index (χ4v) is 2.35. The first-order valence-corrected chi connectivity index (χ1v) is 8.85. The summed E-state index contributed by atoms with van der Waals surface area (Å²) in [6.45, 7) is 9.27. The zero-order chi connectivity index (χ0) is 20.7. The molecule has 148 valence electrons. The van der Waals surface area contributed by atoms with E-state index in [1.807, 2.05) is 27.7 Å². The first-order chi connectivity index (χ1) is 13.2. The lowest BCUT2D eigenvalue weighted by atomic mass is 9.99. The number of nitrogens with one attached hydrogen (secondary N) is 2. The van der Waals surface area contributed by atoms with E-state index in [0.29, 0.717) is 18.2 Å². The number of anilines is 1. The summed E-state index contributed by atoms with van der Waals surface area (Å²) < 4.78 is 14.0. The summed E-state index contributed by atoms with van der Waals surface area (Å²) in [6.07, 6.45) is 6.55. The van der Waals surface area contributed by atoms with Crippen molar-refractivity contribution in [2.45, 2.75) is 40.2 Å². The number of rotatable bonds is 7. The molecule has 0 fully saturated rings. The Balaban J connectivity index is 2.08. The maximum absolute atomic E-state index is 14.0. The van der Waals surface area contributed by atoms with Gasteiger partial charge < -0.3 is 10.6 Å². The van der Waals surface area contributed by atoms with Crippen LogP contribution >= 0.6 is 0 Å². The Morgan fingerprint density at radius 3 is 2.50 bits per heavy atom. The summed E-state index contributed by atoms with van der Waals surface area (Å²) in [4.78, 5) is 28.0. The minimum Gasteiger partial charge on any atom is -0.353 e. The smallest absolute Gasteiger partial charge is 0.223 e. The predicted molar refractivity (Wildman–Crippen MR) is 108 cm³/mol. The number of aromatic nitrogens is 3. The van der Waals surface area contributed by atoms with Gasteiger partial charge in [0.25, 0.3) is 0 Å². The van der Waals surface area contributed by atoms with Gasteiger partial charge in [-0.3, -0.25) is 14.8 Å². The quantitative estimate of drug-likeness (QED) is 0.715. The Bertz CT molecular complexity index is 890. The zero-order valence-electron chi connectivity index (χ0n) is 16.7. The molecule has 0 aromatic carbocycles. The third kappa shape index (κ3) is 5.94. The Morgan fingerprint density at radius 2 is 1.89 bits per heavy atom. The summed E-state index contributed by atoms with van der Waals surface area (Å²) in [7, 11) is 0. The van der Waals surface area contributed by atoms with E-state index >= 15 is 0 Å². The number of aliphatic imine (C=N–C) groups is 1. The van der Waals surface area contributed by atoms with Gasteiger partial charge in [-0.2, -0.15) is 0 Å². The molecule has 0 saturated carbocycles. The van der Waals surface area contributed by atoms with Crippen LogP contribution in [0.4, 0.5) is 10.3 Å². The predicted octanol–water partition coefficient (Wildman–Crippen LogP) is 3.21. The van der Waals surface area contributed by atoms with Crippen molar-refractivity contribution in [3.05, 3.63) is 59.6 Å². The highest BCUT2D eigenvalue weighted by atomic mass is 19.1. The van der Waals surface area contributed by atoms with E-state index < -0.39 is 5.54 Å². The maximum atomic E-state index is 14.0. The lowest BCUT2D eigenvalue weighted by Gasteiger charge is -2.25. The SMILES string of the molecule is CC(=O)NC/C(C)=C/N=C(\C)c1cnc(NC(C)(C)c2ncccc2F)nc1. The van der Waals surface area contributed by atoms with Gasteiger partial charge >= 0.3 is 0 Å². The molecule has 0 bridgehead atoms. The van der Waals surface area contributed by atoms with Crippen LogP contribution in [0, 0.1) is 5.82 Å². The summed E-state index contributed by atoms with van der Waals surface area (Å²) >= 11 is 0. The molecule has 7 nitrogen and oxygen atoms in total. The minimum atomic E-state index is -0.778. The van der Waals surface area contributed by atoms with Crippen LogP contribution in [-0.4, -0.2) is 33.1 Å². The number of carbonyl (C=O) groups excluding carboxylic acids is 1. The lowest BCUT2D eigenvalue weighted by Crippen LogP contribution is -2.31. The molecular weight excluding hydrogens is 359 g/mol. The molecule has 2 aromatic rings. The molecule has 0 unspecified atom stereocenters. The molecule has 0 saturated heterocycles. The van der Waals surface area contributed by atoms with Crippen LogP contribution in [0.25, 0.3) is 0 Å². The summed E-state index contributed by atoms with van der Waals surface area (Å²) in [5.41, 5.74) is 1.94. The van der Waals surface area contributed by atoms with Crippen molar-refractivity contribution in [2.24, 2.45) is 4.99 Å². The largest absolute Gasteiger partial charge is 0.353 e. The van der Waals surface area contributed by atoms with E-state index in [4.69, 9.17) is 0 Å². The molecular formula is C20H25FN6O. The second-order valence-corrected chi connectivity index (χ2v) is 6.98. The van der Waals surface area contributed by atoms with E-state index in [9.17, 15) is 9.18 Å². The Labute approximate surface area is 164 Å². The van der Waals surface area contributed by atoms with E-state index in [1.165, 1.54) is 13.0 Å². The van der Waals surface area contributed by atoms with Gasteiger partial charge in [0, 0.05) is 49.5 Å². The molecule has 0 aliphatic rings. The van der Waals surface area contributed by atoms with Gasteiger partial charge in [-0.05, 0) is 45.4 Å². The normalized spacial score (nSPS) is 12.6. The highest BCUT2D eigenvalue weighted by Gasteiger charge is 2.26. The molecule has 2 heterocycles. The van der Waals surface area contributed by atoms with Crippen LogP contribution in [0.5, 0.6) is 0 Å². The highest BCUT2D eigenvalue weighted by Crippen LogP contribution is 2.24. The van der Waals surface area contributed by atoms with Gasteiger partial charge in [0.2, 0.25) is 11.9 Å². The number of hydrogen-bond acceptors (Lipinski definition) is 6. The van der Waals surface area contributed by atoms with E-state index in [0.717, 1.165) is 16.8 Å². The molecule has 2 N–H and O–H groups in total. The topological polar surface area (TPSA) is 92.2 Å². The average molecular weight is 384 g/mol. The molecule has 1 amide bonds. The van der Waals surface area contributed by atoms with Gasteiger partial charge in [0.15, 0.2) is 0 Å². The monoisotopic (exact) mass is 384 g/mol. The van der Waals surface area contributed by atoms with Crippen LogP contribution in [0.3, 0.4) is 0 Å². The van der Waals surface area contributed by atoms with E-state index in [-0.39, 0.29) is 11.7 Å². The van der Waals surface area contributed by atoms with Crippen molar-refractivity contribution in [3.63, 3.8) is 0 Å². The number of hydrogen-bond donors (Lipinski definition) is 2.